The minimum absolute atomic E-state index is 0.00441. The first kappa shape index (κ1) is 25.9. The zero-order valence-corrected chi connectivity index (χ0v) is 20.5. The van der Waals surface area contributed by atoms with Gasteiger partial charge in [-0.1, -0.05) is 6.92 Å². The first-order valence-electron chi connectivity index (χ1n) is 12.3. The summed E-state index contributed by atoms with van der Waals surface area (Å²) in [7, 11) is 2.08. The number of likely N-dealkylation sites (tertiary alicyclic amines) is 1. The van der Waals surface area contributed by atoms with Gasteiger partial charge in [-0.05, 0) is 52.2 Å². The largest absolute Gasteiger partial charge is 0.449 e. The maximum absolute atomic E-state index is 13.6. The fourth-order valence-corrected chi connectivity index (χ4v) is 4.25. The van der Waals surface area contributed by atoms with Gasteiger partial charge in [0.05, 0.1) is 12.6 Å². The number of cyclic esters (lactones) is 1. The number of ether oxygens (including phenoxy) is 1. The van der Waals surface area contributed by atoms with Gasteiger partial charge in [-0.3, -0.25) is 0 Å². The second kappa shape index (κ2) is 11.3. The normalized spacial score (nSPS) is 17.8. The smallest absolute Gasteiger partial charge is 0.421 e. The number of alkyl halides is 3. The number of rotatable bonds is 9. The molecule has 0 unspecified atom stereocenters. The van der Waals surface area contributed by atoms with Crippen LogP contribution < -0.4 is 10.6 Å². The summed E-state index contributed by atoms with van der Waals surface area (Å²) in [5.41, 5.74) is -0.267. The van der Waals surface area contributed by atoms with Crippen LogP contribution >= 0.6 is 0 Å². The summed E-state index contributed by atoms with van der Waals surface area (Å²) in [5.74, 6) is 0.1000. The number of anilines is 3. The van der Waals surface area contributed by atoms with Crippen LogP contribution in [0.15, 0.2) is 6.20 Å². The van der Waals surface area contributed by atoms with Crippen LogP contribution in [0.4, 0.5) is 35.5 Å². The number of nitrogens with one attached hydrogen (secondary N) is 2. The summed E-state index contributed by atoms with van der Waals surface area (Å²) in [5, 5.41) is 14.9. The van der Waals surface area contributed by atoms with E-state index in [9.17, 15) is 18.0 Å². The van der Waals surface area contributed by atoms with Gasteiger partial charge in [-0.15, -0.1) is 5.10 Å². The van der Waals surface area contributed by atoms with Crippen molar-refractivity contribution >= 4 is 23.7 Å². The van der Waals surface area contributed by atoms with E-state index in [4.69, 9.17) is 4.74 Å². The molecule has 2 aliphatic heterocycles. The molecule has 198 valence electrons. The monoisotopic (exact) mass is 511 g/mol. The highest BCUT2D eigenvalue weighted by atomic mass is 19.4. The van der Waals surface area contributed by atoms with Gasteiger partial charge in [0.2, 0.25) is 5.95 Å². The van der Waals surface area contributed by atoms with Crippen molar-refractivity contribution in [2.24, 2.45) is 0 Å². The van der Waals surface area contributed by atoms with E-state index in [1.165, 1.54) is 0 Å². The molecule has 2 N–H and O–H groups in total. The van der Waals surface area contributed by atoms with Crippen LogP contribution in [0, 0.1) is 0 Å². The topological polar surface area (TPSA) is 113 Å². The molecule has 14 heteroatoms. The Balaban J connectivity index is 1.45. The third-order valence-corrected chi connectivity index (χ3v) is 6.33. The Morgan fingerprint density at radius 2 is 1.94 bits per heavy atom. The number of hydrogen-bond acceptors (Lipinski definition) is 9. The fraction of sp³-hybridized carbons (Fsp3) is 0.682. The second-order valence-corrected chi connectivity index (χ2v) is 9.02. The van der Waals surface area contributed by atoms with Gasteiger partial charge in [0.15, 0.2) is 5.82 Å². The molecule has 2 aliphatic rings. The molecule has 1 amide bonds. The Labute approximate surface area is 207 Å². The van der Waals surface area contributed by atoms with Crippen LogP contribution in [0.2, 0.25) is 0 Å². The van der Waals surface area contributed by atoms with Crippen LogP contribution in [0.3, 0.4) is 0 Å². The van der Waals surface area contributed by atoms with Crippen molar-refractivity contribution in [3.63, 3.8) is 0 Å². The van der Waals surface area contributed by atoms with Crippen LogP contribution in [0.1, 0.15) is 49.9 Å². The molecule has 2 saturated heterocycles. The van der Waals surface area contributed by atoms with Gasteiger partial charge in [-0.2, -0.15) is 28.1 Å². The van der Waals surface area contributed by atoms with E-state index in [-0.39, 0.29) is 24.4 Å². The van der Waals surface area contributed by atoms with E-state index < -0.39 is 17.8 Å². The standard InChI is InChI=1S/C22H32F3N9O2/c1-3-17-19(31-34(30-17)15-6-11-32(2)12-7-15)29-20-27-14-16(22(23,24)25)18(28-20)26-8-4-9-33-10-5-13-36-21(33)35/h14-15H,3-13H2,1-2H3,(H2,26,27,28,29,31). The van der Waals surface area contributed by atoms with E-state index in [2.05, 4.69) is 42.7 Å². The van der Waals surface area contributed by atoms with E-state index in [0.29, 0.717) is 44.0 Å². The number of amides is 1. The lowest BCUT2D eigenvalue weighted by atomic mass is 10.1. The zero-order chi connectivity index (χ0) is 25.7. The minimum Gasteiger partial charge on any atom is -0.449 e. The van der Waals surface area contributed by atoms with Gasteiger partial charge < -0.3 is 25.2 Å². The number of piperidine rings is 1. The summed E-state index contributed by atoms with van der Waals surface area (Å²) >= 11 is 0. The number of carbonyl (C=O) groups excluding carboxylic acids is 1. The second-order valence-electron chi connectivity index (χ2n) is 9.02. The molecule has 11 nitrogen and oxygen atoms in total. The maximum atomic E-state index is 13.6. The van der Waals surface area contributed by atoms with Crippen LogP contribution in [0.25, 0.3) is 0 Å². The Morgan fingerprint density at radius 3 is 2.64 bits per heavy atom. The Morgan fingerprint density at radius 1 is 1.17 bits per heavy atom. The molecule has 2 aromatic rings. The first-order valence-corrected chi connectivity index (χ1v) is 12.3. The summed E-state index contributed by atoms with van der Waals surface area (Å²) in [6, 6.07) is 0.171. The minimum atomic E-state index is -4.62. The summed E-state index contributed by atoms with van der Waals surface area (Å²) in [6.45, 7) is 5.38. The molecule has 0 aliphatic carbocycles. The number of carbonyl (C=O) groups is 1. The van der Waals surface area contributed by atoms with Crippen LogP contribution in [-0.2, 0) is 17.3 Å². The predicted molar refractivity (Wildman–Crippen MR) is 126 cm³/mol. The quantitative estimate of drug-likeness (QED) is 0.490. The molecule has 0 radical (unpaired) electrons. The van der Waals surface area contributed by atoms with Gasteiger partial charge in [0.25, 0.3) is 0 Å². The summed E-state index contributed by atoms with van der Waals surface area (Å²) in [4.78, 5) is 25.2. The third kappa shape index (κ3) is 6.33. The van der Waals surface area contributed by atoms with Gasteiger partial charge in [0.1, 0.15) is 17.1 Å². The van der Waals surface area contributed by atoms with Gasteiger partial charge >= 0.3 is 12.3 Å². The lowest BCUT2D eigenvalue weighted by molar-refractivity contribution is -0.137. The lowest BCUT2D eigenvalue weighted by Crippen LogP contribution is -2.38. The Kier molecular flexibility index (Phi) is 8.11. The third-order valence-electron chi connectivity index (χ3n) is 6.33. The average molecular weight is 512 g/mol. The number of aryl methyl sites for hydroxylation is 1. The average Bonchev–Trinajstić information content (AvgIpc) is 3.25. The van der Waals surface area contributed by atoms with E-state index in [1.807, 2.05) is 6.92 Å². The molecule has 0 aromatic carbocycles. The highest BCUT2D eigenvalue weighted by Crippen LogP contribution is 2.34. The number of halogens is 3. The van der Waals surface area contributed by atoms with Crippen molar-refractivity contribution in [2.45, 2.75) is 51.2 Å². The molecule has 0 saturated carbocycles. The van der Waals surface area contributed by atoms with Crippen molar-refractivity contribution in [2.75, 3.05) is 57.0 Å². The fourth-order valence-electron chi connectivity index (χ4n) is 4.25. The summed E-state index contributed by atoms with van der Waals surface area (Å²) in [6.07, 6.45) is -0.646. The number of aromatic nitrogens is 5. The highest BCUT2D eigenvalue weighted by Gasteiger charge is 2.35. The molecule has 2 fully saturated rings. The van der Waals surface area contributed by atoms with E-state index in [1.54, 1.807) is 9.70 Å². The van der Waals surface area contributed by atoms with Crippen molar-refractivity contribution < 1.29 is 22.7 Å². The molecule has 2 aromatic heterocycles. The van der Waals surface area contributed by atoms with Crippen molar-refractivity contribution in [1.82, 2.24) is 34.8 Å². The Bertz CT molecular complexity index is 1040. The molecule has 36 heavy (non-hydrogen) atoms. The van der Waals surface area contributed by atoms with Crippen molar-refractivity contribution in [1.29, 1.82) is 0 Å². The molecule has 0 spiro atoms. The van der Waals surface area contributed by atoms with Crippen LogP contribution in [-0.4, -0.2) is 87.2 Å². The molecule has 0 atom stereocenters. The van der Waals surface area contributed by atoms with E-state index in [0.717, 1.165) is 38.5 Å². The molecule has 0 bridgehead atoms. The molecule has 4 heterocycles. The highest BCUT2D eigenvalue weighted by molar-refractivity contribution is 5.68. The number of nitrogens with zero attached hydrogens (tertiary/aromatic N) is 7. The Hall–Kier alpha value is -3.16. The van der Waals surface area contributed by atoms with Crippen molar-refractivity contribution in [3.8, 4) is 0 Å². The SMILES string of the molecule is CCc1nn(C2CCN(C)CC2)nc1Nc1ncc(C(F)(F)F)c(NCCCN2CCCOC2=O)n1. The summed E-state index contributed by atoms with van der Waals surface area (Å²) < 4.78 is 45.7. The lowest BCUT2D eigenvalue weighted by Gasteiger charge is -2.28. The first-order chi connectivity index (χ1) is 17.2. The zero-order valence-electron chi connectivity index (χ0n) is 20.5. The predicted octanol–water partition coefficient (Wildman–Crippen LogP) is 3.30. The maximum Gasteiger partial charge on any atom is 0.421 e. The number of hydrogen-bond donors (Lipinski definition) is 2. The molecular weight excluding hydrogens is 479 g/mol. The van der Waals surface area contributed by atoms with Crippen molar-refractivity contribution in [3.05, 3.63) is 17.5 Å². The van der Waals surface area contributed by atoms with Gasteiger partial charge in [0, 0.05) is 25.8 Å². The van der Waals surface area contributed by atoms with Gasteiger partial charge in [-0.25, -0.2) is 9.78 Å². The molecule has 4 rings (SSSR count). The van der Waals surface area contributed by atoms with E-state index >= 15 is 0 Å². The van der Waals surface area contributed by atoms with Crippen LogP contribution in [0.5, 0.6) is 0 Å². The molecular formula is C22H32F3N9O2.